The molecule has 17 heavy (non-hydrogen) atoms. The van der Waals surface area contributed by atoms with Crippen molar-refractivity contribution in [3.63, 3.8) is 0 Å². The molecule has 0 saturated heterocycles. The first-order chi connectivity index (χ1) is 7.79. The van der Waals surface area contributed by atoms with Crippen LogP contribution in [0, 0.1) is 0 Å². The van der Waals surface area contributed by atoms with Crippen LogP contribution in [0.3, 0.4) is 0 Å². The van der Waals surface area contributed by atoms with Crippen LogP contribution < -0.4 is 5.32 Å². The number of aliphatic carboxylic acids is 1. The minimum absolute atomic E-state index is 0.00569. The Morgan fingerprint density at radius 1 is 1.41 bits per heavy atom. The maximum absolute atomic E-state index is 11.5. The Balaban J connectivity index is 3.32. The Morgan fingerprint density at radius 3 is 2.47 bits per heavy atom. The number of carboxylic acid groups (broad SMARTS) is 1. The monoisotopic (exact) mass is 275 g/mol. The van der Waals surface area contributed by atoms with Gasteiger partial charge in [-0.25, -0.2) is 4.79 Å². The lowest BCUT2D eigenvalue weighted by molar-refractivity contribution is -0.144. The van der Waals surface area contributed by atoms with Gasteiger partial charge in [0.25, 0.3) is 0 Å². The maximum Gasteiger partial charge on any atom is 0.328 e. The van der Waals surface area contributed by atoms with Crippen molar-refractivity contribution in [1.82, 2.24) is 5.32 Å². The van der Waals surface area contributed by atoms with Crippen LogP contribution in [0.25, 0.3) is 0 Å². The molecule has 0 amide bonds. The summed E-state index contributed by atoms with van der Waals surface area (Å²) in [5.41, 5.74) is -0.788. The van der Waals surface area contributed by atoms with Gasteiger partial charge in [0, 0.05) is 11.6 Å². The highest BCUT2D eigenvalue weighted by molar-refractivity contribution is 6.42. The number of hydrogen-bond donors (Lipinski definition) is 2. The number of halogens is 2. The topological polar surface area (TPSA) is 49.3 Å². The SMILES string of the molecule is CC(C)NC(C)(C(=O)O)c1cccc(Cl)c1Cl. The summed E-state index contributed by atoms with van der Waals surface area (Å²) in [5, 5.41) is 13.0. The molecule has 94 valence electrons. The second-order valence-electron chi connectivity index (χ2n) is 4.33. The van der Waals surface area contributed by atoms with E-state index in [1.54, 1.807) is 25.1 Å². The highest BCUT2D eigenvalue weighted by Gasteiger charge is 2.37. The lowest BCUT2D eigenvalue weighted by atomic mass is 9.91. The van der Waals surface area contributed by atoms with E-state index < -0.39 is 11.5 Å². The molecule has 1 aromatic rings. The lowest BCUT2D eigenvalue weighted by Gasteiger charge is -2.30. The molecule has 0 aromatic heterocycles. The third-order valence-electron chi connectivity index (χ3n) is 2.50. The summed E-state index contributed by atoms with van der Waals surface area (Å²) in [6, 6.07) is 4.99. The largest absolute Gasteiger partial charge is 0.480 e. The number of nitrogens with one attached hydrogen (secondary N) is 1. The van der Waals surface area contributed by atoms with Gasteiger partial charge in [-0.15, -0.1) is 0 Å². The smallest absolute Gasteiger partial charge is 0.328 e. The fourth-order valence-corrected chi connectivity index (χ4v) is 2.21. The molecular formula is C12H15Cl2NO2. The maximum atomic E-state index is 11.5. The predicted octanol–water partition coefficient (Wildman–Crippen LogP) is 3.29. The van der Waals surface area contributed by atoms with Gasteiger partial charge in [-0.3, -0.25) is 5.32 Å². The summed E-state index contributed by atoms with van der Waals surface area (Å²) in [7, 11) is 0. The first kappa shape index (κ1) is 14.3. The van der Waals surface area contributed by atoms with Crippen molar-refractivity contribution in [2.75, 3.05) is 0 Å². The Labute approximate surface area is 111 Å². The number of hydrogen-bond acceptors (Lipinski definition) is 2. The molecule has 1 atom stereocenters. The average molecular weight is 276 g/mol. The normalized spacial score (nSPS) is 14.7. The van der Waals surface area contributed by atoms with E-state index in [0.29, 0.717) is 10.6 Å². The lowest BCUT2D eigenvalue weighted by Crippen LogP contribution is -2.49. The first-order valence-corrected chi connectivity index (χ1v) is 6.00. The molecule has 0 fully saturated rings. The number of benzene rings is 1. The Hall–Kier alpha value is -0.770. The van der Waals surface area contributed by atoms with Gasteiger partial charge in [-0.2, -0.15) is 0 Å². The van der Waals surface area contributed by atoms with Crippen molar-refractivity contribution in [2.45, 2.75) is 32.4 Å². The van der Waals surface area contributed by atoms with Crippen LogP contribution in [0.1, 0.15) is 26.3 Å². The van der Waals surface area contributed by atoms with Gasteiger partial charge < -0.3 is 5.11 Å². The summed E-state index contributed by atoms with van der Waals surface area (Å²) in [6.07, 6.45) is 0. The zero-order valence-corrected chi connectivity index (χ0v) is 11.4. The highest BCUT2D eigenvalue weighted by atomic mass is 35.5. The quantitative estimate of drug-likeness (QED) is 0.887. The average Bonchev–Trinajstić information content (AvgIpc) is 2.20. The standard InChI is InChI=1S/C12H15Cl2NO2/c1-7(2)15-12(3,11(16)17)8-5-4-6-9(13)10(8)14/h4-7,15H,1-3H3,(H,16,17). The van der Waals surface area contributed by atoms with Gasteiger partial charge in [0.15, 0.2) is 0 Å². The van der Waals surface area contributed by atoms with Gasteiger partial charge in [-0.1, -0.05) is 35.3 Å². The van der Waals surface area contributed by atoms with Crippen LogP contribution in [0.4, 0.5) is 0 Å². The van der Waals surface area contributed by atoms with Gasteiger partial charge >= 0.3 is 5.97 Å². The zero-order chi connectivity index (χ0) is 13.2. The fourth-order valence-electron chi connectivity index (χ4n) is 1.72. The van der Waals surface area contributed by atoms with E-state index in [4.69, 9.17) is 23.2 Å². The van der Waals surface area contributed by atoms with Crippen molar-refractivity contribution < 1.29 is 9.90 Å². The van der Waals surface area contributed by atoms with E-state index >= 15 is 0 Å². The third-order valence-corrected chi connectivity index (χ3v) is 3.31. The molecule has 0 aliphatic rings. The van der Waals surface area contributed by atoms with E-state index in [1.165, 1.54) is 0 Å². The summed E-state index contributed by atoms with van der Waals surface area (Å²) >= 11 is 12.0. The second kappa shape index (κ2) is 5.25. The Morgan fingerprint density at radius 2 is 2.00 bits per heavy atom. The Kier molecular flexibility index (Phi) is 4.42. The molecule has 0 aliphatic carbocycles. The second-order valence-corrected chi connectivity index (χ2v) is 5.12. The van der Waals surface area contributed by atoms with Crippen molar-refractivity contribution in [3.05, 3.63) is 33.8 Å². The molecule has 1 aromatic carbocycles. The van der Waals surface area contributed by atoms with Gasteiger partial charge in [0.05, 0.1) is 10.0 Å². The van der Waals surface area contributed by atoms with Crippen LogP contribution in [0.15, 0.2) is 18.2 Å². The van der Waals surface area contributed by atoms with Gasteiger partial charge in [-0.05, 0) is 26.8 Å². The van der Waals surface area contributed by atoms with Crippen molar-refractivity contribution >= 4 is 29.2 Å². The molecule has 0 radical (unpaired) electrons. The minimum Gasteiger partial charge on any atom is -0.480 e. The van der Waals surface area contributed by atoms with Crippen LogP contribution in [-0.4, -0.2) is 17.1 Å². The summed E-state index contributed by atoms with van der Waals surface area (Å²) in [4.78, 5) is 11.5. The molecular weight excluding hydrogens is 261 g/mol. The molecule has 3 nitrogen and oxygen atoms in total. The number of carbonyl (C=O) groups is 1. The van der Waals surface area contributed by atoms with Crippen LogP contribution in [-0.2, 0) is 10.3 Å². The molecule has 0 heterocycles. The summed E-state index contributed by atoms with van der Waals surface area (Å²) < 4.78 is 0. The molecule has 0 aliphatic heterocycles. The molecule has 2 N–H and O–H groups in total. The zero-order valence-electron chi connectivity index (χ0n) is 9.92. The van der Waals surface area contributed by atoms with E-state index in [0.717, 1.165) is 0 Å². The Bertz CT molecular complexity index is 435. The van der Waals surface area contributed by atoms with E-state index in [2.05, 4.69) is 5.32 Å². The molecule has 0 spiro atoms. The van der Waals surface area contributed by atoms with Crippen molar-refractivity contribution in [2.24, 2.45) is 0 Å². The summed E-state index contributed by atoms with van der Waals surface area (Å²) in [6.45, 7) is 5.33. The van der Waals surface area contributed by atoms with Crippen LogP contribution in [0.2, 0.25) is 10.0 Å². The third kappa shape index (κ3) is 2.92. The van der Waals surface area contributed by atoms with Crippen molar-refractivity contribution in [3.8, 4) is 0 Å². The van der Waals surface area contributed by atoms with Crippen LogP contribution in [0.5, 0.6) is 0 Å². The number of carboxylic acids is 1. The van der Waals surface area contributed by atoms with Crippen molar-refractivity contribution in [1.29, 1.82) is 0 Å². The predicted molar refractivity (Wildman–Crippen MR) is 69.7 cm³/mol. The van der Waals surface area contributed by atoms with Gasteiger partial charge in [0.1, 0.15) is 5.54 Å². The van der Waals surface area contributed by atoms with Gasteiger partial charge in [0.2, 0.25) is 0 Å². The molecule has 5 heteroatoms. The molecule has 0 saturated carbocycles. The first-order valence-electron chi connectivity index (χ1n) is 5.24. The molecule has 1 unspecified atom stereocenters. The minimum atomic E-state index is -1.25. The van der Waals surface area contributed by atoms with Crippen LogP contribution >= 0.6 is 23.2 Å². The fraction of sp³-hybridized carbons (Fsp3) is 0.417. The van der Waals surface area contributed by atoms with E-state index in [1.807, 2.05) is 13.8 Å². The van der Waals surface area contributed by atoms with E-state index in [9.17, 15) is 9.90 Å². The van der Waals surface area contributed by atoms with E-state index in [-0.39, 0.29) is 11.1 Å². The highest BCUT2D eigenvalue weighted by Crippen LogP contribution is 2.33. The molecule has 0 bridgehead atoms. The number of rotatable bonds is 4. The summed E-state index contributed by atoms with van der Waals surface area (Å²) in [5.74, 6) is -0.990. The molecule has 1 rings (SSSR count).